The summed E-state index contributed by atoms with van der Waals surface area (Å²) in [5.41, 5.74) is 1.07. The lowest BCUT2D eigenvalue weighted by Crippen LogP contribution is -2.22. The number of Topliss-reactive ketones (excluding diaryl/α,β-unsaturated/α-hetero) is 1. The normalized spacial score (nSPS) is 12.7. The maximum absolute atomic E-state index is 13.1. The third-order valence-electron chi connectivity index (χ3n) is 4.97. The Morgan fingerprint density at radius 1 is 1.13 bits per heavy atom. The number of rotatable bonds is 9. The summed E-state index contributed by atoms with van der Waals surface area (Å²) in [6.07, 6.45) is 0.938. The standard InChI is InChI=1S/C23H24ClFN2O3/c1-23(2,14-28)22-26-21(27-30-22)17(11-15-3-7-18(24)8-4-15)13-20(29)12-16-5-9-19(25)10-6-16/h3-10,17,28H,11-14H2,1-2H3/t17-/m0/s1. The minimum Gasteiger partial charge on any atom is -0.395 e. The van der Waals surface area contributed by atoms with E-state index in [0.717, 1.165) is 11.1 Å². The average Bonchev–Trinajstić information content (AvgIpc) is 3.22. The van der Waals surface area contributed by atoms with Gasteiger partial charge in [0.05, 0.1) is 12.0 Å². The molecule has 5 nitrogen and oxygen atoms in total. The molecule has 0 spiro atoms. The number of carbonyl (C=O) groups is 1. The molecule has 0 fully saturated rings. The Balaban J connectivity index is 1.80. The van der Waals surface area contributed by atoms with E-state index in [9.17, 15) is 14.3 Å². The van der Waals surface area contributed by atoms with Gasteiger partial charge in [-0.25, -0.2) is 4.39 Å². The van der Waals surface area contributed by atoms with E-state index in [0.29, 0.717) is 23.2 Å². The second-order valence-corrected chi connectivity index (χ2v) is 8.51. The van der Waals surface area contributed by atoms with Gasteiger partial charge in [-0.15, -0.1) is 0 Å². The molecule has 3 aromatic rings. The van der Waals surface area contributed by atoms with Crippen molar-refractivity contribution in [1.82, 2.24) is 10.1 Å². The summed E-state index contributed by atoms with van der Waals surface area (Å²) in [4.78, 5) is 17.2. The van der Waals surface area contributed by atoms with E-state index in [4.69, 9.17) is 16.1 Å². The van der Waals surface area contributed by atoms with Crippen molar-refractivity contribution in [1.29, 1.82) is 0 Å². The molecule has 1 N–H and O–H groups in total. The first-order chi connectivity index (χ1) is 14.3. The summed E-state index contributed by atoms with van der Waals surface area (Å²) in [6.45, 7) is 3.47. The quantitative estimate of drug-likeness (QED) is 0.534. The Bertz CT molecular complexity index is 984. The molecule has 0 unspecified atom stereocenters. The number of aromatic nitrogens is 2. The lowest BCUT2D eigenvalue weighted by atomic mass is 9.91. The predicted octanol–water partition coefficient (Wildman–Crippen LogP) is 4.66. The number of ketones is 1. The summed E-state index contributed by atoms with van der Waals surface area (Å²) < 4.78 is 18.5. The van der Waals surface area contributed by atoms with Crippen LogP contribution in [0, 0.1) is 5.82 Å². The zero-order valence-electron chi connectivity index (χ0n) is 16.9. The van der Waals surface area contributed by atoms with Crippen molar-refractivity contribution < 1.29 is 18.8 Å². The van der Waals surface area contributed by atoms with Gasteiger partial charge in [0.25, 0.3) is 0 Å². The second kappa shape index (κ2) is 9.49. The van der Waals surface area contributed by atoms with Gasteiger partial charge in [0.15, 0.2) is 5.82 Å². The van der Waals surface area contributed by atoms with Crippen LogP contribution in [0.1, 0.15) is 49.0 Å². The Labute approximate surface area is 179 Å². The first-order valence-corrected chi connectivity index (χ1v) is 10.1. The molecule has 0 radical (unpaired) electrons. The van der Waals surface area contributed by atoms with Crippen molar-refractivity contribution in [3.63, 3.8) is 0 Å². The van der Waals surface area contributed by atoms with Gasteiger partial charge in [0, 0.05) is 23.8 Å². The van der Waals surface area contributed by atoms with E-state index in [-0.39, 0.29) is 37.0 Å². The Morgan fingerprint density at radius 2 is 1.77 bits per heavy atom. The van der Waals surface area contributed by atoms with Crippen LogP contribution >= 0.6 is 11.6 Å². The molecule has 0 saturated carbocycles. The van der Waals surface area contributed by atoms with E-state index in [2.05, 4.69) is 10.1 Å². The number of halogens is 2. The van der Waals surface area contributed by atoms with E-state index >= 15 is 0 Å². The highest BCUT2D eigenvalue weighted by Gasteiger charge is 2.29. The van der Waals surface area contributed by atoms with E-state index in [1.165, 1.54) is 12.1 Å². The van der Waals surface area contributed by atoms with Crippen molar-refractivity contribution >= 4 is 17.4 Å². The molecule has 30 heavy (non-hydrogen) atoms. The first-order valence-electron chi connectivity index (χ1n) is 9.72. The highest BCUT2D eigenvalue weighted by Crippen LogP contribution is 2.27. The topological polar surface area (TPSA) is 76.2 Å². The molecule has 0 bridgehead atoms. The largest absolute Gasteiger partial charge is 0.395 e. The highest BCUT2D eigenvalue weighted by atomic mass is 35.5. The molecule has 0 aliphatic carbocycles. The third kappa shape index (κ3) is 5.74. The molecule has 3 rings (SSSR count). The highest BCUT2D eigenvalue weighted by molar-refractivity contribution is 6.30. The molecule has 1 atom stereocenters. The number of carbonyl (C=O) groups excluding carboxylic acids is 1. The predicted molar refractivity (Wildman–Crippen MR) is 112 cm³/mol. The van der Waals surface area contributed by atoms with Gasteiger partial charge >= 0.3 is 0 Å². The van der Waals surface area contributed by atoms with Crippen LogP contribution in [0.5, 0.6) is 0 Å². The van der Waals surface area contributed by atoms with E-state index in [1.807, 2.05) is 12.1 Å². The van der Waals surface area contributed by atoms with Gasteiger partial charge < -0.3 is 9.63 Å². The number of benzene rings is 2. The van der Waals surface area contributed by atoms with E-state index in [1.54, 1.807) is 38.1 Å². The van der Waals surface area contributed by atoms with Gasteiger partial charge in [-0.3, -0.25) is 4.79 Å². The van der Waals surface area contributed by atoms with Crippen LogP contribution in [-0.2, 0) is 23.1 Å². The molecule has 0 saturated heterocycles. The summed E-state index contributed by atoms with van der Waals surface area (Å²) in [6, 6.07) is 13.3. The van der Waals surface area contributed by atoms with Crippen molar-refractivity contribution in [3.8, 4) is 0 Å². The monoisotopic (exact) mass is 430 g/mol. The third-order valence-corrected chi connectivity index (χ3v) is 5.22. The van der Waals surface area contributed by atoms with Gasteiger partial charge in [-0.2, -0.15) is 4.98 Å². The molecule has 2 aromatic carbocycles. The Morgan fingerprint density at radius 3 is 2.40 bits per heavy atom. The van der Waals surface area contributed by atoms with Crippen molar-refractivity contribution in [2.24, 2.45) is 0 Å². The maximum atomic E-state index is 13.1. The lowest BCUT2D eigenvalue weighted by molar-refractivity contribution is -0.118. The number of hydrogen-bond acceptors (Lipinski definition) is 5. The minimum absolute atomic E-state index is 0.00617. The van der Waals surface area contributed by atoms with Crippen LogP contribution in [-0.4, -0.2) is 27.6 Å². The van der Waals surface area contributed by atoms with Crippen LogP contribution in [0.3, 0.4) is 0 Å². The van der Waals surface area contributed by atoms with Gasteiger partial charge in [-0.1, -0.05) is 41.0 Å². The van der Waals surface area contributed by atoms with Gasteiger partial charge in [0.2, 0.25) is 5.89 Å². The van der Waals surface area contributed by atoms with Crippen LogP contribution < -0.4 is 0 Å². The molecule has 7 heteroatoms. The molecule has 0 aliphatic heterocycles. The smallest absolute Gasteiger partial charge is 0.234 e. The molecular weight excluding hydrogens is 407 g/mol. The fourth-order valence-electron chi connectivity index (χ4n) is 3.08. The Kier molecular flexibility index (Phi) is 7.00. The summed E-state index contributed by atoms with van der Waals surface area (Å²) in [5, 5.41) is 14.3. The fourth-order valence-corrected chi connectivity index (χ4v) is 3.21. The zero-order valence-corrected chi connectivity index (χ0v) is 17.7. The van der Waals surface area contributed by atoms with Crippen LogP contribution in [0.25, 0.3) is 0 Å². The number of aliphatic hydroxyl groups is 1. The lowest BCUT2D eigenvalue weighted by Gasteiger charge is -2.15. The number of hydrogen-bond donors (Lipinski definition) is 1. The molecule has 0 amide bonds. The SMILES string of the molecule is CC(C)(CO)c1nc([C@H](CC(=O)Cc2ccc(F)cc2)Cc2ccc(Cl)cc2)no1. The summed E-state index contributed by atoms with van der Waals surface area (Å²) in [5.74, 6) is 0.109. The van der Waals surface area contributed by atoms with Crippen LogP contribution in [0.15, 0.2) is 53.1 Å². The summed E-state index contributed by atoms with van der Waals surface area (Å²) >= 11 is 5.98. The fraction of sp³-hybridized carbons (Fsp3) is 0.348. The minimum atomic E-state index is -0.672. The van der Waals surface area contributed by atoms with Crippen LogP contribution in [0.2, 0.25) is 5.02 Å². The average molecular weight is 431 g/mol. The maximum Gasteiger partial charge on any atom is 0.234 e. The van der Waals surface area contributed by atoms with Crippen LogP contribution in [0.4, 0.5) is 4.39 Å². The van der Waals surface area contributed by atoms with Gasteiger partial charge in [-0.05, 0) is 55.7 Å². The molecular formula is C23H24ClFN2O3. The second-order valence-electron chi connectivity index (χ2n) is 8.07. The molecule has 158 valence electrons. The Hall–Kier alpha value is -2.57. The van der Waals surface area contributed by atoms with E-state index < -0.39 is 5.41 Å². The summed E-state index contributed by atoms with van der Waals surface area (Å²) in [7, 11) is 0. The van der Waals surface area contributed by atoms with Crippen molar-refractivity contribution in [2.45, 2.75) is 44.4 Å². The molecule has 0 aliphatic rings. The zero-order chi connectivity index (χ0) is 21.7. The van der Waals surface area contributed by atoms with Crippen molar-refractivity contribution in [2.75, 3.05) is 6.61 Å². The number of aliphatic hydroxyl groups excluding tert-OH is 1. The number of nitrogens with zero attached hydrogens (tertiary/aromatic N) is 2. The first kappa shape index (κ1) is 22.1. The van der Waals surface area contributed by atoms with Crippen molar-refractivity contribution in [3.05, 3.63) is 82.2 Å². The molecule has 1 heterocycles. The molecule has 1 aromatic heterocycles. The van der Waals surface area contributed by atoms with Gasteiger partial charge in [0.1, 0.15) is 11.6 Å².